The van der Waals surface area contributed by atoms with E-state index in [1.807, 2.05) is 19.3 Å². The number of hydrogen-bond donors (Lipinski definition) is 1. The van der Waals surface area contributed by atoms with Gasteiger partial charge in [-0.25, -0.2) is 4.98 Å². The molecular weight excluding hydrogens is 296 g/mol. The molecular formula is C15H20N6O2. The molecule has 0 radical (unpaired) electrons. The molecule has 122 valence electrons. The number of anilines is 2. The van der Waals surface area contributed by atoms with E-state index >= 15 is 0 Å². The molecule has 2 aromatic rings. The summed E-state index contributed by atoms with van der Waals surface area (Å²) in [4.78, 5) is 19.2. The lowest BCUT2D eigenvalue weighted by molar-refractivity contribution is 0.339. The summed E-state index contributed by atoms with van der Waals surface area (Å²) in [5.41, 5.74) is 1.18. The standard InChI is InChI=1S/C15H20N6O2/c1-16-12-9-10(6-7-17-12)11-5-4-8-21(11)13-18-14(22-2)20-15(19-13)23-3/h6-7,9,11H,4-5,8H2,1-3H3,(H,16,17). The monoisotopic (exact) mass is 316 g/mol. The molecule has 0 aromatic carbocycles. The highest BCUT2D eigenvalue weighted by Crippen LogP contribution is 2.35. The first-order chi connectivity index (χ1) is 11.2. The maximum Gasteiger partial charge on any atom is 0.324 e. The smallest absolute Gasteiger partial charge is 0.324 e. The Bertz CT molecular complexity index is 659. The van der Waals surface area contributed by atoms with Crippen molar-refractivity contribution in [2.75, 3.05) is 38.0 Å². The third-order valence-corrected chi connectivity index (χ3v) is 3.88. The van der Waals surface area contributed by atoms with E-state index in [0.717, 1.165) is 25.2 Å². The number of aromatic nitrogens is 4. The summed E-state index contributed by atoms with van der Waals surface area (Å²) in [6.07, 6.45) is 3.91. The number of rotatable bonds is 5. The largest absolute Gasteiger partial charge is 0.467 e. The van der Waals surface area contributed by atoms with Crippen LogP contribution in [0.15, 0.2) is 18.3 Å². The first kappa shape index (κ1) is 15.3. The fourth-order valence-electron chi connectivity index (χ4n) is 2.78. The van der Waals surface area contributed by atoms with Crippen LogP contribution in [0.4, 0.5) is 11.8 Å². The Morgan fingerprint density at radius 3 is 2.57 bits per heavy atom. The van der Waals surface area contributed by atoms with Gasteiger partial charge in [0, 0.05) is 19.8 Å². The average Bonchev–Trinajstić information content (AvgIpc) is 3.11. The molecule has 0 amide bonds. The van der Waals surface area contributed by atoms with Gasteiger partial charge in [0.2, 0.25) is 5.95 Å². The van der Waals surface area contributed by atoms with Crippen molar-refractivity contribution >= 4 is 11.8 Å². The number of nitrogens with one attached hydrogen (secondary N) is 1. The molecule has 3 heterocycles. The summed E-state index contributed by atoms with van der Waals surface area (Å²) in [7, 11) is 4.92. The lowest BCUT2D eigenvalue weighted by Crippen LogP contribution is -2.25. The maximum atomic E-state index is 5.15. The van der Waals surface area contributed by atoms with Gasteiger partial charge in [-0.15, -0.1) is 4.98 Å². The van der Waals surface area contributed by atoms with E-state index in [-0.39, 0.29) is 18.1 Å². The van der Waals surface area contributed by atoms with Crippen molar-refractivity contribution in [1.82, 2.24) is 19.9 Å². The van der Waals surface area contributed by atoms with Crippen molar-refractivity contribution in [2.24, 2.45) is 0 Å². The number of nitrogens with zero attached hydrogens (tertiary/aromatic N) is 5. The summed E-state index contributed by atoms with van der Waals surface area (Å²) in [5.74, 6) is 1.42. The number of ether oxygens (including phenoxy) is 2. The maximum absolute atomic E-state index is 5.15. The van der Waals surface area contributed by atoms with E-state index in [4.69, 9.17) is 9.47 Å². The van der Waals surface area contributed by atoms with E-state index in [9.17, 15) is 0 Å². The normalized spacial score (nSPS) is 17.2. The van der Waals surface area contributed by atoms with Gasteiger partial charge in [-0.3, -0.25) is 0 Å². The van der Waals surface area contributed by atoms with Gasteiger partial charge in [0.25, 0.3) is 0 Å². The lowest BCUT2D eigenvalue weighted by atomic mass is 10.1. The van der Waals surface area contributed by atoms with Gasteiger partial charge in [0.1, 0.15) is 5.82 Å². The summed E-state index contributed by atoms with van der Waals surface area (Å²) < 4.78 is 10.3. The van der Waals surface area contributed by atoms with Crippen LogP contribution in [0.1, 0.15) is 24.4 Å². The van der Waals surface area contributed by atoms with E-state index in [0.29, 0.717) is 5.95 Å². The van der Waals surface area contributed by atoms with Crippen LogP contribution in [0.5, 0.6) is 12.0 Å². The molecule has 0 bridgehead atoms. The predicted octanol–water partition coefficient (Wildman–Crippen LogP) is 1.67. The highest BCUT2D eigenvalue weighted by Gasteiger charge is 2.29. The van der Waals surface area contributed by atoms with Gasteiger partial charge in [-0.05, 0) is 30.5 Å². The molecule has 3 rings (SSSR count). The Morgan fingerprint density at radius 2 is 1.91 bits per heavy atom. The molecule has 0 saturated carbocycles. The van der Waals surface area contributed by atoms with E-state index in [2.05, 4.69) is 36.2 Å². The molecule has 1 unspecified atom stereocenters. The lowest BCUT2D eigenvalue weighted by Gasteiger charge is -2.25. The molecule has 1 fully saturated rings. The minimum absolute atomic E-state index is 0.196. The Labute approximate surface area is 134 Å². The van der Waals surface area contributed by atoms with Gasteiger partial charge in [-0.1, -0.05) is 0 Å². The zero-order valence-electron chi connectivity index (χ0n) is 13.5. The fourth-order valence-corrected chi connectivity index (χ4v) is 2.78. The topological polar surface area (TPSA) is 85.3 Å². The third kappa shape index (κ3) is 3.10. The van der Waals surface area contributed by atoms with Crippen LogP contribution in [0.25, 0.3) is 0 Å². The number of pyridine rings is 1. The second-order valence-electron chi connectivity index (χ2n) is 5.18. The average molecular weight is 316 g/mol. The van der Waals surface area contributed by atoms with Crippen molar-refractivity contribution in [1.29, 1.82) is 0 Å². The van der Waals surface area contributed by atoms with Gasteiger partial charge in [-0.2, -0.15) is 9.97 Å². The van der Waals surface area contributed by atoms with Crippen LogP contribution in [-0.4, -0.2) is 47.7 Å². The van der Waals surface area contributed by atoms with Crippen LogP contribution >= 0.6 is 0 Å². The zero-order valence-corrected chi connectivity index (χ0v) is 13.5. The van der Waals surface area contributed by atoms with Crippen molar-refractivity contribution in [3.8, 4) is 12.0 Å². The van der Waals surface area contributed by atoms with Gasteiger partial charge in [0.05, 0.1) is 20.3 Å². The first-order valence-electron chi connectivity index (χ1n) is 7.49. The fraction of sp³-hybridized carbons (Fsp3) is 0.467. The van der Waals surface area contributed by atoms with E-state index < -0.39 is 0 Å². The van der Waals surface area contributed by atoms with Gasteiger partial charge >= 0.3 is 12.0 Å². The molecule has 2 aromatic heterocycles. The molecule has 1 atom stereocenters. The van der Waals surface area contributed by atoms with Crippen LogP contribution in [-0.2, 0) is 0 Å². The van der Waals surface area contributed by atoms with Crippen LogP contribution in [0.2, 0.25) is 0 Å². The number of methoxy groups -OCH3 is 2. The number of hydrogen-bond acceptors (Lipinski definition) is 8. The van der Waals surface area contributed by atoms with Crippen LogP contribution < -0.4 is 19.7 Å². The molecule has 1 aliphatic heterocycles. The summed E-state index contributed by atoms with van der Waals surface area (Å²) in [6, 6.07) is 4.78. The summed E-state index contributed by atoms with van der Waals surface area (Å²) >= 11 is 0. The Hall–Kier alpha value is -2.64. The Morgan fingerprint density at radius 1 is 1.17 bits per heavy atom. The summed E-state index contributed by atoms with van der Waals surface area (Å²) in [6.45, 7) is 0.873. The quantitative estimate of drug-likeness (QED) is 0.891. The second-order valence-corrected chi connectivity index (χ2v) is 5.18. The molecule has 0 spiro atoms. The highest BCUT2D eigenvalue weighted by molar-refractivity contribution is 5.44. The minimum Gasteiger partial charge on any atom is -0.467 e. The van der Waals surface area contributed by atoms with Crippen molar-refractivity contribution in [2.45, 2.75) is 18.9 Å². The van der Waals surface area contributed by atoms with Crippen molar-refractivity contribution in [3.05, 3.63) is 23.9 Å². The van der Waals surface area contributed by atoms with Gasteiger partial charge < -0.3 is 19.7 Å². The van der Waals surface area contributed by atoms with Crippen LogP contribution in [0.3, 0.4) is 0 Å². The predicted molar refractivity (Wildman–Crippen MR) is 86.0 cm³/mol. The molecule has 0 aliphatic carbocycles. The minimum atomic E-state index is 0.196. The third-order valence-electron chi connectivity index (χ3n) is 3.88. The molecule has 8 nitrogen and oxygen atoms in total. The zero-order chi connectivity index (χ0) is 16.2. The first-order valence-corrected chi connectivity index (χ1v) is 7.49. The molecule has 23 heavy (non-hydrogen) atoms. The van der Waals surface area contributed by atoms with Crippen molar-refractivity contribution in [3.63, 3.8) is 0 Å². The molecule has 1 saturated heterocycles. The van der Waals surface area contributed by atoms with Gasteiger partial charge in [0.15, 0.2) is 0 Å². The second kappa shape index (κ2) is 6.64. The van der Waals surface area contributed by atoms with Crippen LogP contribution in [0, 0.1) is 0 Å². The molecule has 8 heteroatoms. The van der Waals surface area contributed by atoms with E-state index in [1.165, 1.54) is 19.8 Å². The SMILES string of the molecule is CNc1cc(C2CCCN2c2nc(OC)nc(OC)n2)ccn1. The molecule has 1 N–H and O–H groups in total. The van der Waals surface area contributed by atoms with E-state index in [1.54, 1.807) is 0 Å². The highest BCUT2D eigenvalue weighted by atomic mass is 16.5. The molecule has 1 aliphatic rings. The van der Waals surface area contributed by atoms with Crippen molar-refractivity contribution < 1.29 is 9.47 Å². The Kier molecular flexibility index (Phi) is 4.40. The summed E-state index contributed by atoms with van der Waals surface area (Å²) in [5, 5.41) is 3.07. The Balaban J connectivity index is 1.95.